The Labute approximate surface area is 180 Å². The van der Waals surface area contributed by atoms with Gasteiger partial charge in [0.2, 0.25) is 0 Å². The van der Waals surface area contributed by atoms with E-state index < -0.39 is 0 Å². The fourth-order valence-electron chi connectivity index (χ4n) is 3.94. The van der Waals surface area contributed by atoms with Crippen LogP contribution < -0.4 is 10.2 Å². The van der Waals surface area contributed by atoms with Crippen LogP contribution in [-0.2, 0) is 4.74 Å². The van der Waals surface area contributed by atoms with Gasteiger partial charge in [-0.15, -0.1) is 0 Å². The highest BCUT2D eigenvalue weighted by Crippen LogP contribution is 2.30. The van der Waals surface area contributed by atoms with Crippen molar-refractivity contribution in [2.75, 3.05) is 25.2 Å². The number of carbonyl (C=O) groups is 1. The lowest BCUT2D eigenvalue weighted by molar-refractivity contribution is 0.0855. The minimum absolute atomic E-state index is 0.0243. The summed E-state index contributed by atoms with van der Waals surface area (Å²) in [5.41, 5.74) is 4.14. The average Bonchev–Trinajstić information content (AvgIpc) is 3.49. The van der Waals surface area contributed by atoms with Gasteiger partial charge in [-0.2, -0.15) is 5.10 Å². The molecule has 8 heteroatoms. The van der Waals surface area contributed by atoms with E-state index in [9.17, 15) is 4.79 Å². The number of hydrogen-bond donors (Lipinski definition) is 1. The highest BCUT2D eigenvalue weighted by Gasteiger charge is 2.24. The summed E-state index contributed by atoms with van der Waals surface area (Å²) in [6.45, 7) is 1.54. The third-order valence-electron chi connectivity index (χ3n) is 5.89. The summed E-state index contributed by atoms with van der Waals surface area (Å²) in [4.78, 5) is 19.1. The Balaban J connectivity index is 1.46. The van der Waals surface area contributed by atoms with Gasteiger partial charge < -0.3 is 15.0 Å². The molecule has 2 aromatic heterocycles. The van der Waals surface area contributed by atoms with E-state index in [0.717, 1.165) is 61.5 Å². The van der Waals surface area contributed by atoms with Crippen molar-refractivity contribution in [2.45, 2.75) is 37.8 Å². The summed E-state index contributed by atoms with van der Waals surface area (Å²) in [6.07, 6.45) is 5.89. The van der Waals surface area contributed by atoms with Gasteiger partial charge in [-0.3, -0.25) is 4.79 Å². The number of anilines is 1. The number of rotatable bonds is 5. The molecular formula is C22H24ClN5O2. The first-order chi connectivity index (χ1) is 14.6. The van der Waals surface area contributed by atoms with Gasteiger partial charge >= 0.3 is 0 Å². The standard InChI is InChI=1S/C22H24ClN5O2/c1-27(17-8-10-30-11-9-17)18-12-20(23)26-28-19(13-24-21(18)28)14-2-4-15(5-3-14)22(29)25-16-6-7-16/h2-5,12-13,16-17H,6-11H2,1H3,(H,25,29). The number of aromatic nitrogens is 3. The highest BCUT2D eigenvalue weighted by molar-refractivity contribution is 6.29. The van der Waals surface area contributed by atoms with E-state index in [-0.39, 0.29) is 5.91 Å². The zero-order valence-corrected chi connectivity index (χ0v) is 17.6. The fourth-order valence-corrected chi connectivity index (χ4v) is 4.12. The van der Waals surface area contributed by atoms with Crippen molar-refractivity contribution >= 4 is 28.8 Å². The number of ether oxygens (including phenoxy) is 1. The van der Waals surface area contributed by atoms with Crippen molar-refractivity contribution in [3.05, 3.63) is 47.2 Å². The molecule has 3 heterocycles. The van der Waals surface area contributed by atoms with E-state index in [1.807, 2.05) is 30.3 Å². The van der Waals surface area contributed by atoms with Gasteiger partial charge in [-0.25, -0.2) is 9.50 Å². The lowest BCUT2D eigenvalue weighted by atomic mass is 10.1. The second-order valence-electron chi connectivity index (χ2n) is 8.01. The summed E-state index contributed by atoms with van der Waals surface area (Å²) >= 11 is 6.38. The maximum Gasteiger partial charge on any atom is 0.251 e. The molecule has 156 valence electrons. The molecule has 1 aliphatic carbocycles. The van der Waals surface area contributed by atoms with Gasteiger partial charge in [0.05, 0.1) is 17.6 Å². The quantitative estimate of drug-likeness (QED) is 0.676. The molecule has 0 atom stereocenters. The number of carbonyl (C=O) groups excluding carboxylic acids is 1. The Morgan fingerprint density at radius 3 is 2.63 bits per heavy atom. The van der Waals surface area contributed by atoms with Gasteiger partial charge in [-0.1, -0.05) is 23.7 Å². The van der Waals surface area contributed by atoms with E-state index >= 15 is 0 Å². The van der Waals surface area contributed by atoms with Crippen LogP contribution in [0.25, 0.3) is 16.9 Å². The van der Waals surface area contributed by atoms with Crippen LogP contribution in [0.3, 0.4) is 0 Å². The molecule has 30 heavy (non-hydrogen) atoms. The molecule has 1 amide bonds. The summed E-state index contributed by atoms with van der Waals surface area (Å²) < 4.78 is 7.28. The van der Waals surface area contributed by atoms with Gasteiger partial charge in [0.1, 0.15) is 0 Å². The van der Waals surface area contributed by atoms with Crippen molar-refractivity contribution in [3.8, 4) is 11.3 Å². The minimum Gasteiger partial charge on any atom is -0.381 e. The van der Waals surface area contributed by atoms with Crippen LogP contribution >= 0.6 is 11.6 Å². The van der Waals surface area contributed by atoms with Gasteiger partial charge in [0.25, 0.3) is 5.91 Å². The molecule has 2 aliphatic rings. The molecule has 7 nitrogen and oxygen atoms in total. The highest BCUT2D eigenvalue weighted by atomic mass is 35.5. The molecule has 2 fully saturated rings. The van der Waals surface area contributed by atoms with Crippen LogP contribution in [0.4, 0.5) is 5.69 Å². The van der Waals surface area contributed by atoms with Crippen LogP contribution in [0.1, 0.15) is 36.0 Å². The number of amides is 1. The lowest BCUT2D eigenvalue weighted by Crippen LogP contribution is -2.37. The van der Waals surface area contributed by atoms with Crippen LogP contribution in [0.2, 0.25) is 5.15 Å². The number of imidazole rings is 1. The minimum atomic E-state index is -0.0243. The predicted octanol–water partition coefficient (Wildman–Crippen LogP) is 3.56. The number of halogens is 1. The van der Waals surface area contributed by atoms with Crippen LogP contribution in [0.5, 0.6) is 0 Å². The molecule has 1 aliphatic heterocycles. The molecule has 1 N–H and O–H groups in total. The van der Waals surface area contributed by atoms with Crippen LogP contribution in [0, 0.1) is 0 Å². The summed E-state index contributed by atoms with van der Waals surface area (Å²) in [6, 6.07) is 10.1. The summed E-state index contributed by atoms with van der Waals surface area (Å²) in [5.74, 6) is -0.0243. The largest absolute Gasteiger partial charge is 0.381 e. The van der Waals surface area contributed by atoms with E-state index in [0.29, 0.717) is 22.8 Å². The molecule has 0 radical (unpaired) electrons. The molecule has 1 aromatic carbocycles. The van der Waals surface area contributed by atoms with Crippen molar-refractivity contribution in [3.63, 3.8) is 0 Å². The topological polar surface area (TPSA) is 71.8 Å². The van der Waals surface area contributed by atoms with E-state index in [1.54, 1.807) is 10.7 Å². The fraction of sp³-hybridized carbons (Fsp3) is 0.409. The third kappa shape index (κ3) is 3.75. The van der Waals surface area contributed by atoms with Crippen LogP contribution in [-0.4, -0.2) is 52.9 Å². The second kappa shape index (κ2) is 7.89. The SMILES string of the molecule is CN(c1cc(Cl)nn2c(-c3ccc(C(=O)NC4CC4)cc3)cnc12)C1CCOCC1. The Hall–Kier alpha value is -2.64. The molecule has 3 aromatic rings. The number of nitrogens with zero attached hydrogens (tertiary/aromatic N) is 4. The van der Waals surface area contributed by atoms with Crippen molar-refractivity contribution in [1.29, 1.82) is 0 Å². The molecule has 5 rings (SSSR count). The number of nitrogens with one attached hydrogen (secondary N) is 1. The first kappa shape index (κ1) is 19.3. The van der Waals surface area contributed by atoms with Gasteiger partial charge in [0.15, 0.2) is 10.8 Å². The first-order valence-corrected chi connectivity index (χ1v) is 10.7. The average molecular weight is 426 g/mol. The Bertz CT molecular complexity index is 1070. The Kier molecular flexibility index (Phi) is 5.08. The van der Waals surface area contributed by atoms with Crippen molar-refractivity contribution < 1.29 is 9.53 Å². The Morgan fingerprint density at radius 1 is 1.20 bits per heavy atom. The van der Waals surface area contributed by atoms with Gasteiger partial charge in [0, 0.05) is 49.5 Å². The smallest absolute Gasteiger partial charge is 0.251 e. The third-order valence-corrected chi connectivity index (χ3v) is 6.08. The molecule has 0 unspecified atom stereocenters. The molecule has 0 bridgehead atoms. The van der Waals surface area contributed by atoms with Crippen molar-refractivity contribution in [2.24, 2.45) is 0 Å². The zero-order valence-electron chi connectivity index (χ0n) is 16.8. The van der Waals surface area contributed by atoms with E-state index in [4.69, 9.17) is 16.3 Å². The normalized spacial score (nSPS) is 17.3. The summed E-state index contributed by atoms with van der Waals surface area (Å²) in [5, 5.41) is 7.92. The van der Waals surface area contributed by atoms with Gasteiger partial charge in [-0.05, 0) is 37.8 Å². The molecule has 0 spiro atoms. The van der Waals surface area contributed by atoms with E-state index in [2.05, 4.69) is 27.3 Å². The van der Waals surface area contributed by atoms with E-state index in [1.165, 1.54) is 0 Å². The molecule has 1 saturated heterocycles. The predicted molar refractivity (Wildman–Crippen MR) is 116 cm³/mol. The number of hydrogen-bond acceptors (Lipinski definition) is 5. The van der Waals surface area contributed by atoms with Crippen LogP contribution in [0.15, 0.2) is 36.5 Å². The molecular weight excluding hydrogens is 402 g/mol. The molecule has 1 saturated carbocycles. The second-order valence-corrected chi connectivity index (χ2v) is 8.40. The Morgan fingerprint density at radius 2 is 1.93 bits per heavy atom. The zero-order chi connectivity index (χ0) is 20.7. The monoisotopic (exact) mass is 425 g/mol. The maximum atomic E-state index is 12.2. The number of fused-ring (bicyclic) bond motifs is 1. The van der Waals surface area contributed by atoms with Crippen molar-refractivity contribution in [1.82, 2.24) is 19.9 Å². The number of benzene rings is 1. The maximum absolute atomic E-state index is 12.2. The first-order valence-electron chi connectivity index (χ1n) is 10.4. The summed E-state index contributed by atoms with van der Waals surface area (Å²) in [7, 11) is 2.07. The lowest BCUT2D eigenvalue weighted by Gasteiger charge is -2.32.